The fourth-order valence-electron chi connectivity index (χ4n) is 3.73. The standard InChI is InChI=1S/C22H24N4O2S/c27-21(19-7-1-2-10-26(19)22(28)20-8-4-12-29-20)24-14-17-5-3-6-18(13-17)15-25-11-9-23-16-25/h3-6,8-9,11-13,16,19H,1-2,7,10,14-15H2,(H,24,27). The average Bonchev–Trinajstić information content (AvgIpc) is 3.46. The molecule has 3 aromatic rings. The Morgan fingerprint density at radius 1 is 1.17 bits per heavy atom. The molecule has 150 valence electrons. The van der Waals surface area contributed by atoms with Crippen LogP contribution in [0.4, 0.5) is 0 Å². The lowest BCUT2D eigenvalue weighted by molar-refractivity contribution is -0.126. The Bertz CT molecular complexity index is 953. The molecular formula is C22H24N4O2S. The third kappa shape index (κ3) is 4.74. The third-order valence-electron chi connectivity index (χ3n) is 5.18. The Hall–Kier alpha value is -2.93. The van der Waals surface area contributed by atoms with Crippen molar-refractivity contribution in [1.82, 2.24) is 19.8 Å². The van der Waals surface area contributed by atoms with Crippen molar-refractivity contribution in [2.75, 3.05) is 6.54 Å². The van der Waals surface area contributed by atoms with Crippen LogP contribution < -0.4 is 5.32 Å². The van der Waals surface area contributed by atoms with Gasteiger partial charge >= 0.3 is 0 Å². The molecule has 4 rings (SSSR count). The topological polar surface area (TPSA) is 67.2 Å². The van der Waals surface area contributed by atoms with E-state index in [9.17, 15) is 9.59 Å². The summed E-state index contributed by atoms with van der Waals surface area (Å²) in [4.78, 5) is 32.2. The van der Waals surface area contributed by atoms with Crippen molar-refractivity contribution in [3.63, 3.8) is 0 Å². The quantitative estimate of drug-likeness (QED) is 0.681. The summed E-state index contributed by atoms with van der Waals surface area (Å²) >= 11 is 1.42. The minimum absolute atomic E-state index is 0.0396. The van der Waals surface area contributed by atoms with E-state index in [-0.39, 0.29) is 11.8 Å². The van der Waals surface area contributed by atoms with Crippen LogP contribution in [0.1, 0.15) is 40.1 Å². The summed E-state index contributed by atoms with van der Waals surface area (Å²) in [6.07, 6.45) is 8.10. The van der Waals surface area contributed by atoms with Gasteiger partial charge in [-0.05, 0) is 41.8 Å². The van der Waals surface area contributed by atoms with Crippen LogP contribution in [0.25, 0.3) is 0 Å². The van der Waals surface area contributed by atoms with Gasteiger partial charge in [-0.25, -0.2) is 4.98 Å². The smallest absolute Gasteiger partial charge is 0.264 e. The van der Waals surface area contributed by atoms with E-state index < -0.39 is 6.04 Å². The second kappa shape index (κ2) is 9.05. The Morgan fingerprint density at radius 3 is 2.86 bits per heavy atom. The Morgan fingerprint density at radius 2 is 2.07 bits per heavy atom. The highest BCUT2D eigenvalue weighted by Crippen LogP contribution is 2.22. The molecule has 1 atom stereocenters. The summed E-state index contributed by atoms with van der Waals surface area (Å²) in [5.74, 6) is -0.114. The largest absolute Gasteiger partial charge is 0.350 e. The number of amides is 2. The molecule has 1 aromatic carbocycles. The monoisotopic (exact) mass is 408 g/mol. The number of carbonyl (C=O) groups is 2. The second-order valence-corrected chi connectivity index (χ2v) is 8.21. The maximum absolute atomic E-state index is 12.9. The number of likely N-dealkylation sites (tertiary alicyclic amines) is 1. The van der Waals surface area contributed by atoms with Crippen LogP contribution in [-0.2, 0) is 17.9 Å². The lowest BCUT2D eigenvalue weighted by Crippen LogP contribution is -2.51. The molecule has 0 spiro atoms. The SMILES string of the molecule is O=C(NCc1cccc(Cn2ccnc2)c1)C1CCCCN1C(=O)c1cccs1. The zero-order chi connectivity index (χ0) is 20.1. The first kappa shape index (κ1) is 19.4. The van der Waals surface area contributed by atoms with Gasteiger partial charge in [0.1, 0.15) is 6.04 Å². The summed E-state index contributed by atoms with van der Waals surface area (Å²) in [5, 5.41) is 4.93. The number of imidazole rings is 1. The zero-order valence-electron chi connectivity index (χ0n) is 16.2. The van der Waals surface area contributed by atoms with E-state index in [2.05, 4.69) is 22.4 Å². The molecule has 29 heavy (non-hydrogen) atoms. The lowest BCUT2D eigenvalue weighted by Gasteiger charge is -2.34. The molecule has 1 aliphatic heterocycles. The van der Waals surface area contributed by atoms with E-state index in [1.165, 1.54) is 11.3 Å². The van der Waals surface area contributed by atoms with Gasteiger partial charge in [0.2, 0.25) is 5.91 Å². The number of benzene rings is 1. The Labute approximate surface area is 174 Å². The third-order valence-corrected chi connectivity index (χ3v) is 6.04. The number of nitrogens with one attached hydrogen (secondary N) is 1. The fourth-order valence-corrected chi connectivity index (χ4v) is 4.40. The van der Waals surface area contributed by atoms with Crippen molar-refractivity contribution >= 4 is 23.2 Å². The molecule has 0 radical (unpaired) electrons. The molecular weight excluding hydrogens is 384 g/mol. The highest BCUT2D eigenvalue weighted by molar-refractivity contribution is 7.12. The van der Waals surface area contributed by atoms with Gasteiger partial charge in [0.05, 0.1) is 11.2 Å². The van der Waals surface area contributed by atoms with Crippen LogP contribution >= 0.6 is 11.3 Å². The second-order valence-electron chi connectivity index (χ2n) is 7.26. The molecule has 2 amide bonds. The lowest BCUT2D eigenvalue weighted by atomic mass is 10.0. The molecule has 1 N–H and O–H groups in total. The van der Waals surface area contributed by atoms with Gasteiger partial charge in [-0.2, -0.15) is 0 Å². The molecule has 1 unspecified atom stereocenters. The molecule has 1 saturated heterocycles. The molecule has 0 aliphatic carbocycles. The van der Waals surface area contributed by atoms with E-state index in [0.29, 0.717) is 24.4 Å². The molecule has 7 heteroatoms. The normalized spacial score (nSPS) is 16.6. The van der Waals surface area contributed by atoms with Crippen molar-refractivity contribution in [3.8, 4) is 0 Å². The van der Waals surface area contributed by atoms with Crippen molar-refractivity contribution in [2.45, 2.75) is 38.4 Å². The maximum atomic E-state index is 12.9. The van der Waals surface area contributed by atoms with Crippen molar-refractivity contribution in [1.29, 1.82) is 0 Å². The van der Waals surface area contributed by atoms with E-state index in [1.807, 2.05) is 40.4 Å². The van der Waals surface area contributed by atoms with E-state index >= 15 is 0 Å². The number of piperidine rings is 1. The van der Waals surface area contributed by atoms with Gasteiger partial charge in [-0.1, -0.05) is 30.3 Å². The predicted molar refractivity (Wildman–Crippen MR) is 113 cm³/mol. The van der Waals surface area contributed by atoms with Crippen LogP contribution in [0, 0.1) is 0 Å². The van der Waals surface area contributed by atoms with Crippen molar-refractivity contribution < 1.29 is 9.59 Å². The number of thiophene rings is 1. The first-order valence-electron chi connectivity index (χ1n) is 9.86. The summed E-state index contributed by atoms with van der Waals surface area (Å²) in [7, 11) is 0. The van der Waals surface area contributed by atoms with Gasteiger partial charge in [0.15, 0.2) is 0 Å². The van der Waals surface area contributed by atoms with Crippen LogP contribution in [0.3, 0.4) is 0 Å². The Kier molecular flexibility index (Phi) is 6.05. The fraction of sp³-hybridized carbons (Fsp3) is 0.318. The minimum atomic E-state index is -0.396. The highest BCUT2D eigenvalue weighted by Gasteiger charge is 2.32. The van der Waals surface area contributed by atoms with E-state index in [0.717, 1.165) is 30.5 Å². The van der Waals surface area contributed by atoms with Gasteiger partial charge in [0, 0.05) is 32.0 Å². The number of carbonyl (C=O) groups excluding carboxylic acids is 2. The zero-order valence-corrected chi connectivity index (χ0v) is 17.0. The van der Waals surface area contributed by atoms with E-state index in [4.69, 9.17) is 0 Å². The molecule has 1 aliphatic rings. The summed E-state index contributed by atoms with van der Waals surface area (Å²) in [6.45, 7) is 1.83. The first-order chi connectivity index (χ1) is 14.2. The molecule has 3 heterocycles. The average molecular weight is 409 g/mol. The van der Waals surface area contributed by atoms with Gasteiger partial charge < -0.3 is 14.8 Å². The predicted octanol–water partition coefficient (Wildman–Crippen LogP) is 3.30. The van der Waals surface area contributed by atoms with Crippen LogP contribution in [0.15, 0.2) is 60.5 Å². The van der Waals surface area contributed by atoms with Crippen molar-refractivity contribution in [2.24, 2.45) is 0 Å². The van der Waals surface area contributed by atoms with Crippen LogP contribution in [0.5, 0.6) is 0 Å². The first-order valence-corrected chi connectivity index (χ1v) is 10.7. The molecule has 2 aromatic heterocycles. The highest BCUT2D eigenvalue weighted by atomic mass is 32.1. The van der Waals surface area contributed by atoms with Crippen LogP contribution in [-0.4, -0.2) is 38.9 Å². The maximum Gasteiger partial charge on any atom is 0.264 e. The summed E-state index contributed by atoms with van der Waals surface area (Å²) in [5.41, 5.74) is 2.20. The summed E-state index contributed by atoms with van der Waals surface area (Å²) in [6, 6.07) is 11.5. The van der Waals surface area contributed by atoms with E-state index in [1.54, 1.807) is 17.4 Å². The number of rotatable bonds is 6. The molecule has 0 saturated carbocycles. The molecule has 6 nitrogen and oxygen atoms in total. The minimum Gasteiger partial charge on any atom is -0.350 e. The van der Waals surface area contributed by atoms with Crippen LogP contribution in [0.2, 0.25) is 0 Å². The molecule has 0 bridgehead atoms. The van der Waals surface area contributed by atoms with Crippen molar-refractivity contribution in [3.05, 3.63) is 76.5 Å². The van der Waals surface area contributed by atoms with Gasteiger partial charge in [-0.15, -0.1) is 11.3 Å². The van der Waals surface area contributed by atoms with Gasteiger partial charge in [-0.3, -0.25) is 9.59 Å². The number of nitrogens with zero attached hydrogens (tertiary/aromatic N) is 3. The summed E-state index contributed by atoms with van der Waals surface area (Å²) < 4.78 is 2.01. The van der Waals surface area contributed by atoms with Gasteiger partial charge in [0.25, 0.3) is 5.91 Å². The molecule has 1 fully saturated rings. The number of hydrogen-bond acceptors (Lipinski definition) is 4. The Balaban J connectivity index is 1.38. The number of aromatic nitrogens is 2. The number of hydrogen-bond donors (Lipinski definition) is 1.